The van der Waals surface area contributed by atoms with Gasteiger partial charge in [-0.3, -0.25) is 4.79 Å². The van der Waals surface area contributed by atoms with Gasteiger partial charge in [-0.15, -0.1) is 0 Å². The van der Waals surface area contributed by atoms with Crippen LogP contribution in [0.5, 0.6) is 0 Å². The minimum Gasteiger partial charge on any atom is -0.367 e. The predicted molar refractivity (Wildman–Crippen MR) is 101 cm³/mol. The van der Waals surface area contributed by atoms with Gasteiger partial charge in [-0.2, -0.15) is 0 Å². The van der Waals surface area contributed by atoms with Crippen LogP contribution < -0.4 is 10.6 Å². The lowest BCUT2D eigenvalue weighted by Gasteiger charge is -2.15. The van der Waals surface area contributed by atoms with E-state index in [0.717, 1.165) is 33.7 Å². The van der Waals surface area contributed by atoms with Gasteiger partial charge in [0, 0.05) is 30.8 Å². The summed E-state index contributed by atoms with van der Waals surface area (Å²) in [6, 6.07) is 9.91. The molecule has 0 aliphatic rings. The van der Waals surface area contributed by atoms with Crippen LogP contribution >= 0.6 is 0 Å². The first-order valence-electron chi connectivity index (χ1n) is 8.39. The van der Waals surface area contributed by atoms with E-state index in [9.17, 15) is 4.79 Å². The molecule has 2 aromatic heterocycles. The number of fused-ring (bicyclic) bond motifs is 1. The number of anilines is 1. The molecule has 0 spiro atoms. The molecule has 0 fully saturated rings. The van der Waals surface area contributed by atoms with Crippen molar-refractivity contribution in [2.45, 2.75) is 33.7 Å². The maximum atomic E-state index is 11.2. The summed E-state index contributed by atoms with van der Waals surface area (Å²) in [6.45, 7) is 8.15. The fourth-order valence-corrected chi connectivity index (χ4v) is 2.86. The molecular weight excluding hydrogens is 314 g/mol. The molecule has 3 N–H and O–H groups in total. The minimum atomic E-state index is -0.0409. The molecule has 1 aromatic carbocycles. The van der Waals surface area contributed by atoms with Gasteiger partial charge in [0.2, 0.25) is 5.91 Å². The molecule has 0 radical (unpaired) electrons. The fourth-order valence-electron chi connectivity index (χ4n) is 2.86. The van der Waals surface area contributed by atoms with Crippen molar-refractivity contribution in [3.05, 3.63) is 41.6 Å². The monoisotopic (exact) mass is 337 g/mol. The van der Waals surface area contributed by atoms with Crippen molar-refractivity contribution >= 4 is 22.8 Å². The summed E-state index contributed by atoms with van der Waals surface area (Å²) in [5.74, 6) is 1.41. The Hall–Kier alpha value is -2.89. The highest BCUT2D eigenvalue weighted by Gasteiger charge is 2.15. The number of nitrogens with one attached hydrogen (secondary N) is 3. The lowest BCUT2D eigenvalue weighted by molar-refractivity contribution is -0.119. The number of H-pyrrole nitrogens is 1. The van der Waals surface area contributed by atoms with E-state index in [1.807, 2.05) is 44.2 Å². The standard InChI is InChI=1S/C19H23N5O/c1-11(21-14(4)25)10-20-18-16-12(2)13(3)22-19(16)24-17(23-18)15-8-6-5-7-9-15/h5-9,11H,10H2,1-4H3,(H,21,25)(H2,20,22,23,24)/t11-/m1/s1. The van der Waals surface area contributed by atoms with Crippen LogP contribution in [0.2, 0.25) is 0 Å². The molecule has 0 aliphatic heterocycles. The molecule has 3 aromatic rings. The Kier molecular flexibility index (Phi) is 4.70. The summed E-state index contributed by atoms with van der Waals surface area (Å²) in [7, 11) is 0. The Balaban J connectivity index is 2.00. The van der Waals surface area contributed by atoms with Crippen molar-refractivity contribution in [3.63, 3.8) is 0 Å². The second kappa shape index (κ2) is 6.93. The number of aromatic nitrogens is 3. The zero-order valence-corrected chi connectivity index (χ0v) is 15.0. The zero-order valence-electron chi connectivity index (χ0n) is 15.0. The fraction of sp³-hybridized carbons (Fsp3) is 0.316. The van der Waals surface area contributed by atoms with E-state index in [4.69, 9.17) is 4.98 Å². The number of carbonyl (C=O) groups excluding carboxylic acids is 1. The second-order valence-electron chi connectivity index (χ2n) is 6.34. The molecule has 0 saturated heterocycles. The number of nitrogens with zero attached hydrogens (tertiary/aromatic N) is 2. The molecule has 0 aliphatic carbocycles. The van der Waals surface area contributed by atoms with E-state index < -0.39 is 0 Å². The van der Waals surface area contributed by atoms with E-state index in [-0.39, 0.29) is 11.9 Å². The molecule has 6 nitrogen and oxygen atoms in total. The van der Waals surface area contributed by atoms with Gasteiger partial charge >= 0.3 is 0 Å². The normalized spacial score (nSPS) is 12.2. The molecule has 1 atom stereocenters. The summed E-state index contributed by atoms with van der Waals surface area (Å²) < 4.78 is 0. The molecule has 130 valence electrons. The van der Waals surface area contributed by atoms with Crippen LogP contribution in [0.25, 0.3) is 22.4 Å². The third kappa shape index (κ3) is 3.63. The third-order valence-corrected chi connectivity index (χ3v) is 4.21. The minimum absolute atomic E-state index is 0.00281. The number of amides is 1. The van der Waals surface area contributed by atoms with Crippen LogP contribution in [0, 0.1) is 13.8 Å². The van der Waals surface area contributed by atoms with Crippen molar-refractivity contribution in [2.24, 2.45) is 0 Å². The van der Waals surface area contributed by atoms with Gasteiger partial charge in [-0.25, -0.2) is 9.97 Å². The summed E-state index contributed by atoms with van der Waals surface area (Å²) in [5.41, 5.74) is 3.99. The van der Waals surface area contributed by atoms with Crippen LogP contribution in [0.1, 0.15) is 25.1 Å². The maximum Gasteiger partial charge on any atom is 0.217 e. The Labute approximate surface area is 147 Å². The van der Waals surface area contributed by atoms with E-state index in [0.29, 0.717) is 12.4 Å². The summed E-state index contributed by atoms with van der Waals surface area (Å²) >= 11 is 0. The first-order chi connectivity index (χ1) is 12.0. The van der Waals surface area contributed by atoms with Crippen molar-refractivity contribution in [3.8, 4) is 11.4 Å². The summed E-state index contributed by atoms with van der Waals surface area (Å²) in [5, 5.41) is 7.24. The molecule has 0 unspecified atom stereocenters. The Morgan fingerprint density at radius 2 is 1.92 bits per heavy atom. The number of carbonyl (C=O) groups is 1. The second-order valence-corrected chi connectivity index (χ2v) is 6.34. The number of hydrogen-bond acceptors (Lipinski definition) is 4. The van der Waals surface area contributed by atoms with Gasteiger partial charge in [0.1, 0.15) is 11.5 Å². The SMILES string of the molecule is CC(=O)N[C@H](C)CNc1nc(-c2ccccc2)nc2[nH]c(C)c(C)c12. The molecule has 0 saturated carbocycles. The Morgan fingerprint density at radius 1 is 1.20 bits per heavy atom. The quantitative estimate of drug-likeness (QED) is 0.668. The predicted octanol–water partition coefficient (Wildman–Crippen LogP) is 3.18. The highest BCUT2D eigenvalue weighted by molar-refractivity contribution is 5.92. The van der Waals surface area contributed by atoms with Crippen LogP contribution in [-0.4, -0.2) is 33.4 Å². The molecule has 1 amide bonds. The first-order valence-corrected chi connectivity index (χ1v) is 8.39. The highest BCUT2D eigenvalue weighted by Crippen LogP contribution is 2.29. The molecular formula is C19H23N5O. The van der Waals surface area contributed by atoms with E-state index in [1.54, 1.807) is 0 Å². The smallest absolute Gasteiger partial charge is 0.217 e. The highest BCUT2D eigenvalue weighted by atomic mass is 16.1. The average Bonchev–Trinajstić information content (AvgIpc) is 2.87. The van der Waals surface area contributed by atoms with Crippen molar-refractivity contribution in [1.82, 2.24) is 20.3 Å². The van der Waals surface area contributed by atoms with Crippen molar-refractivity contribution in [1.29, 1.82) is 0 Å². The summed E-state index contributed by atoms with van der Waals surface area (Å²) in [4.78, 5) is 24.0. The first kappa shape index (κ1) is 17.0. The number of rotatable bonds is 5. The Morgan fingerprint density at radius 3 is 2.60 bits per heavy atom. The lowest BCUT2D eigenvalue weighted by atomic mass is 10.2. The average molecular weight is 337 g/mol. The van der Waals surface area contributed by atoms with Gasteiger partial charge < -0.3 is 15.6 Å². The van der Waals surface area contributed by atoms with Crippen LogP contribution in [0.15, 0.2) is 30.3 Å². The van der Waals surface area contributed by atoms with Crippen LogP contribution in [0.4, 0.5) is 5.82 Å². The van der Waals surface area contributed by atoms with Gasteiger partial charge in [-0.05, 0) is 26.3 Å². The largest absolute Gasteiger partial charge is 0.367 e. The van der Waals surface area contributed by atoms with Gasteiger partial charge in [-0.1, -0.05) is 30.3 Å². The molecule has 25 heavy (non-hydrogen) atoms. The molecule has 3 rings (SSSR count). The van der Waals surface area contributed by atoms with Crippen LogP contribution in [-0.2, 0) is 4.79 Å². The molecule has 6 heteroatoms. The zero-order chi connectivity index (χ0) is 18.0. The Bertz CT molecular complexity index is 901. The van der Waals surface area contributed by atoms with E-state index >= 15 is 0 Å². The summed E-state index contributed by atoms with van der Waals surface area (Å²) in [6.07, 6.45) is 0. The number of aromatic amines is 1. The van der Waals surface area contributed by atoms with Gasteiger partial charge in [0.25, 0.3) is 0 Å². The molecule has 2 heterocycles. The topological polar surface area (TPSA) is 82.7 Å². The van der Waals surface area contributed by atoms with E-state index in [1.165, 1.54) is 6.92 Å². The number of benzene rings is 1. The lowest BCUT2D eigenvalue weighted by Crippen LogP contribution is -2.36. The maximum absolute atomic E-state index is 11.2. The van der Waals surface area contributed by atoms with E-state index in [2.05, 4.69) is 27.5 Å². The van der Waals surface area contributed by atoms with Gasteiger partial charge in [0.05, 0.1) is 5.39 Å². The number of hydrogen-bond donors (Lipinski definition) is 3. The van der Waals surface area contributed by atoms with Crippen molar-refractivity contribution < 1.29 is 4.79 Å². The van der Waals surface area contributed by atoms with Crippen molar-refractivity contribution in [2.75, 3.05) is 11.9 Å². The third-order valence-electron chi connectivity index (χ3n) is 4.21. The number of aryl methyl sites for hydroxylation is 2. The van der Waals surface area contributed by atoms with Gasteiger partial charge in [0.15, 0.2) is 5.82 Å². The van der Waals surface area contributed by atoms with Crippen LogP contribution in [0.3, 0.4) is 0 Å². The molecule has 0 bridgehead atoms.